The van der Waals surface area contributed by atoms with Crippen molar-refractivity contribution in [2.75, 3.05) is 22.7 Å². The van der Waals surface area contributed by atoms with Crippen molar-refractivity contribution in [3.8, 4) is 5.75 Å². The molecule has 1 fully saturated rings. The largest absolute Gasteiger partial charge is 0.502 e. The lowest BCUT2D eigenvalue weighted by Gasteiger charge is -2.39. The highest BCUT2D eigenvalue weighted by Crippen LogP contribution is 2.51. The summed E-state index contributed by atoms with van der Waals surface area (Å²) in [6.07, 6.45) is -13.0. The van der Waals surface area contributed by atoms with Crippen molar-refractivity contribution in [2.45, 2.75) is 60.6 Å². The van der Waals surface area contributed by atoms with E-state index in [1.54, 1.807) is 0 Å². The average molecular weight is 680 g/mol. The van der Waals surface area contributed by atoms with Gasteiger partial charge in [-0.3, -0.25) is 18.7 Å². The van der Waals surface area contributed by atoms with Crippen LogP contribution in [0, 0.1) is 5.82 Å². The quantitative estimate of drug-likeness (QED) is 0.256. The molecule has 18 heteroatoms. The van der Waals surface area contributed by atoms with Crippen LogP contribution in [0.1, 0.15) is 30.4 Å². The molecule has 1 unspecified atom stereocenters. The molecule has 2 aliphatic heterocycles. The van der Waals surface area contributed by atoms with Crippen molar-refractivity contribution in [1.29, 1.82) is 0 Å². The number of nitrogens with one attached hydrogen (secondary N) is 1. The van der Waals surface area contributed by atoms with Gasteiger partial charge in [-0.1, -0.05) is 12.1 Å². The summed E-state index contributed by atoms with van der Waals surface area (Å²) >= 11 is 0. The van der Waals surface area contributed by atoms with Crippen LogP contribution >= 0.6 is 0 Å². The van der Waals surface area contributed by atoms with Crippen molar-refractivity contribution in [3.05, 3.63) is 79.9 Å². The molecule has 10 nitrogen and oxygen atoms in total. The molecular formula is C28H24F7N3O7S. The summed E-state index contributed by atoms with van der Waals surface area (Å²) in [5.41, 5.74) is -9.71. The molecule has 2 heterocycles. The van der Waals surface area contributed by atoms with Crippen LogP contribution in [0.2, 0.25) is 0 Å². The van der Waals surface area contributed by atoms with E-state index >= 15 is 0 Å². The topological polar surface area (TPSA) is 144 Å². The van der Waals surface area contributed by atoms with Gasteiger partial charge in [0.05, 0.1) is 16.6 Å². The standard InChI is InChI=1S/C28H24F7N3O7S/c29-16-3-6-19(7-4-16)46(44,45)38-18(12-21(39)37-10-9-17(13-37)36-22-23(40)25(42)24(22)41)5-1-14-11-15(2-8-20(14)38)26(43,27(30,31)32)28(33,34)35/h2-4,6-8,11,17-18,36,40,43H,1,5,9-10,12-13H2/t17?,18-/m0/s1. The predicted octanol–water partition coefficient (Wildman–Crippen LogP) is 3.05. The lowest BCUT2D eigenvalue weighted by atomic mass is 9.87. The lowest BCUT2D eigenvalue weighted by Crippen LogP contribution is -2.54. The van der Waals surface area contributed by atoms with E-state index in [9.17, 15) is 63.7 Å². The highest BCUT2D eigenvalue weighted by Gasteiger charge is 2.71. The SMILES string of the molecule is O=C(C[C@@H]1CCc2cc(C(O)(C(F)(F)F)C(F)(F)F)ccc2N1S(=O)(=O)c1ccc(F)cc1)N1CCC(Nc2c(O)c(=O)c2=O)C1. The second-order valence-corrected chi connectivity index (χ2v) is 12.9. The summed E-state index contributed by atoms with van der Waals surface area (Å²) in [5.74, 6) is -2.10. The number of nitrogens with zero attached hydrogens (tertiary/aromatic N) is 2. The van der Waals surface area contributed by atoms with Gasteiger partial charge in [-0.2, -0.15) is 26.3 Å². The van der Waals surface area contributed by atoms with Gasteiger partial charge in [0.25, 0.3) is 26.5 Å². The Labute approximate surface area is 255 Å². The average Bonchev–Trinajstić information content (AvgIpc) is 3.46. The Morgan fingerprint density at radius 3 is 2.17 bits per heavy atom. The van der Waals surface area contributed by atoms with Crippen LogP contribution in [0.3, 0.4) is 0 Å². The number of likely N-dealkylation sites (tertiary alicyclic amines) is 1. The molecule has 3 N–H and O–H groups in total. The molecule has 2 atom stereocenters. The molecule has 0 aliphatic carbocycles. The van der Waals surface area contributed by atoms with Crippen molar-refractivity contribution < 1.29 is 54.2 Å². The first kappa shape index (κ1) is 33.2. The van der Waals surface area contributed by atoms with Gasteiger partial charge in [0.1, 0.15) is 11.5 Å². The number of aryl methyl sites for hydroxylation is 1. The van der Waals surface area contributed by atoms with E-state index in [2.05, 4.69) is 5.32 Å². The first-order chi connectivity index (χ1) is 21.3. The number of sulfonamides is 1. The monoisotopic (exact) mass is 679 g/mol. The number of carbonyl (C=O) groups is 1. The first-order valence-corrected chi connectivity index (χ1v) is 15.1. The minimum absolute atomic E-state index is 0.00191. The Morgan fingerprint density at radius 1 is 0.957 bits per heavy atom. The second-order valence-electron chi connectivity index (χ2n) is 11.1. The summed E-state index contributed by atoms with van der Waals surface area (Å²) in [6, 6.07) is 3.18. The Hall–Kier alpha value is -4.19. The number of aromatic hydroxyl groups is 1. The highest BCUT2D eigenvalue weighted by atomic mass is 32.2. The van der Waals surface area contributed by atoms with Gasteiger partial charge in [0.15, 0.2) is 5.75 Å². The summed E-state index contributed by atoms with van der Waals surface area (Å²) in [7, 11) is -4.68. The summed E-state index contributed by atoms with van der Waals surface area (Å²) < 4.78 is 123. The second kappa shape index (κ2) is 11.3. The van der Waals surface area contributed by atoms with E-state index in [0.29, 0.717) is 28.9 Å². The fourth-order valence-corrected chi connectivity index (χ4v) is 7.45. The third kappa shape index (κ3) is 5.46. The number of alkyl halides is 6. The van der Waals surface area contributed by atoms with Crippen LogP contribution in [-0.4, -0.2) is 67.0 Å². The van der Waals surface area contributed by atoms with Gasteiger partial charge in [-0.05, 0) is 55.2 Å². The number of hydrogen-bond donors (Lipinski definition) is 3. The Bertz CT molecular complexity index is 1840. The van der Waals surface area contributed by atoms with Crippen LogP contribution < -0.4 is 20.5 Å². The number of rotatable bonds is 7. The van der Waals surface area contributed by atoms with Gasteiger partial charge < -0.3 is 20.4 Å². The van der Waals surface area contributed by atoms with Gasteiger partial charge in [0, 0.05) is 31.1 Å². The van der Waals surface area contributed by atoms with Crippen LogP contribution in [0.15, 0.2) is 56.9 Å². The maximum Gasteiger partial charge on any atom is 0.430 e. The molecule has 1 saturated heterocycles. The maximum atomic E-state index is 13.8. The fourth-order valence-electron chi connectivity index (χ4n) is 5.73. The number of aliphatic hydroxyl groups is 1. The van der Waals surface area contributed by atoms with Gasteiger partial charge in [-0.15, -0.1) is 0 Å². The third-order valence-electron chi connectivity index (χ3n) is 8.19. The first-order valence-electron chi connectivity index (χ1n) is 13.6. The molecule has 5 rings (SSSR count). The molecule has 3 aromatic rings. The number of anilines is 2. The number of amides is 1. The van der Waals surface area contributed by atoms with Crippen molar-refractivity contribution in [1.82, 2.24) is 4.90 Å². The summed E-state index contributed by atoms with van der Waals surface area (Å²) in [6.45, 7) is 0.138. The lowest BCUT2D eigenvalue weighted by molar-refractivity contribution is -0.376. The minimum Gasteiger partial charge on any atom is -0.502 e. The molecule has 248 valence electrons. The molecule has 0 aromatic heterocycles. The van der Waals surface area contributed by atoms with Crippen LogP contribution in [0.4, 0.5) is 42.1 Å². The molecule has 0 radical (unpaired) electrons. The van der Waals surface area contributed by atoms with E-state index < -0.39 is 85.3 Å². The molecule has 3 aromatic carbocycles. The molecule has 0 bridgehead atoms. The van der Waals surface area contributed by atoms with Crippen LogP contribution in [-0.2, 0) is 26.8 Å². The molecule has 2 aliphatic rings. The summed E-state index contributed by atoms with van der Waals surface area (Å²) in [4.78, 5) is 37.1. The van der Waals surface area contributed by atoms with Gasteiger partial charge in [0.2, 0.25) is 5.91 Å². The van der Waals surface area contributed by atoms with E-state index in [4.69, 9.17) is 0 Å². The van der Waals surface area contributed by atoms with E-state index in [-0.39, 0.29) is 42.9 Å². The van der Waals surface area contributed by atoms with E-state index in [0.717, 1.165) is 24.3 Å². The van der Waals surface area contributed by atoms with Gasteiger partial charge >= 0.3 is 12.4 Å². The van der Waals surface area contributed by atoms with Crippen LogP contribution in [0.25, 0.3) is 0 Å². The fraction of sp³-hybridized carbons (Fsp3) is 0.393. The Kier molecular flexibility index (Phi) is 8.12. The van der Waals surface area contributed by atoms with Crippen molar-refractivity contribution in [2.24, 2.45) is 0 Å². The molecule has 1 amide bonds. The highest BCUT2D eigenvalue weighted by molar-refractivity contribution is 7.92. The number of hydrogen-bond acceptors (Lipinski definition) is 8. The van der Waals surface area contributed by atoms with Crippen molar-refractivity contribution >= 4 is 27.3 Å². The Morgan fingerprint density at radius 2 is 1.59 bits per heavy atom. The number of fused-ring (bicyclic) bond motifs is 1. The number of halogens is 7. The molecule has 0 spiro atoms. The zero-order chi connectivity index (χ0) is 34.0. The number of carbonyl (C=O) groups excluding carboxylic acids is 1. The van der Waals surface area contributed by atoms with E-state index in [1.807, 2.05) is 0 Å². The van der Waals surface area contributed by atoms with Crippen LogP contribution in [0.5, 0.6) is 5.75 Å². The van der Waals surface area contributed by atoms with E-state index in [1.165, 1.54) is 4.90 Å². The zero-order valence-corrected chi connectivity index (χ0v) is 24.1. The van der Waals surface area contributed by atoms with Gasteiger partial charge in [-0.25, -0.2) is 12.8 Å². The molecule has 46 heavy (non-hydrogen) atoms. The Balaban J connectivity index is 1.47. The normalized spacial score (nSPS) is 19.4. The zero-order valence-electron chi connectivity index (χ0n) is 23.3. The maximum absolute atomic E-state index is 13.8. The molecule has 0 saturated carbocycles. The number of benzene rings is 2. The van der Waals surface area contributed by atoms with Crippen molar-refractivity contribution in [3.63, 3.8) is 0 Å². The summed E-state index contributed by atoms with van der Waals surface area (Å²) in [5, 5.41) is 22.2. The molecular weight excluding hydrogens is 655 g/mol. The predicted molar refractivity (Wildman–Crippen MR) is 147 cm³/mol. The third-order valence-corrected chi connectivity index (χ3v) is 10.1. The minimum atomic E-state index is -6.18. The smallest absolute Gasteiger partial charge is 0.430 e.